The normalized spacial score (nSPS) is 15.2. The molecule has 0 spiro atoms. The Labute approximate surface area is 123 Å². The summed E-state index contributed by atoms with van der Waals surface area (Å²) in [5.41, 5.74) is -0.978. The van der Waals surface area contributed by atoms with Gasteiger partial charge in [-0.2, -0.15) is 0 Å². The summed E-state index contributed by atoms with van der Waals surface area (Å²) in [4.78, 5) is 0. The predicted molar refractivity (Wildman–Crippen MR) is 82.0 cm³/mol. The molecule has 1 aromatic carbocycles. The van der Waals surface area contributed by atoms with Crippen LogP contribution in [0.15, 0.2) is 30.3 Å². The fourth-order valence-electron chi connectivity index (χ4n) is 1.83. The quantitative estimate of drug-likeness (QED) is 0.719. The van der Waals surface area contributed by atoms with Crippen LogP contribution in [-0.4, -0.2) is 36.9 Å². The Balaban J connectivity index is 2.16. The van der Waals surface area contributed by atoms with Gasteiger partial charge in [-0.05, 0) is 0 Å². The van der Waals surface area contributed by atoms with Gasteiger partial charge in [0.25, 0.3) is 0 Å². The van der Waals surface area contributed by atoms with Gasteiger partial charge >= 0.3 is 123 Å². The summed E-state index contributed by atoms with van der Waals surface area (Å²) in [6.45, 7) is 5.57. The molecule has 2 nitrogen and oxygen atoms in total. The molecular weight excluding hydrogens is 303 g/mol. The van der Waals surface area contributed by atoms with Crippen molar-refractivity contribution < 1.29 is 10.2 Å². The second-order valence-corrected chi connectivity index (χ2v) is 8.25. The van der Waals surface area contributed by atoms with E-state index in [2.05, 4.69) is 37.3 Å². The van der Waals surface area contributed by atoms with Crippen molar-refractivity contribution in [3.8, 4) is 0 Å². The molecule has 2 N–H and O–H groups in total. The van der Waals surface area contributed by atoms with Crippen molar-refractivity contribution in [1.82, 2.24) is 0 Å². The van der Waals surface area contributed by atoms with Gasteiger partial charge in [0.15, 0.2) is 0 Å². The molecule has 0 aliphatic rings. The second kappa shape index (κ2) is 8.06. The molecule has 1 aromatic rings. The minimum atomic E-state index is -0.978. The van der Waals surface area contributed by atoms with Crippen LogP contribution in [0.3, 0.4) is 0 Å². The van der Waals surface area contributed by atoms with Crippen molar-refractivity contribution in [2.24, 2.45) is 5.92 Å². The van der Waals surface area contributed by atoms with Gasteiger partial charge in [0, 0.05) is 0 Å². The molecule has 0 fully saturated rings. The Morgan fingerprint density at radius 2 is 1.74 bits per heavy atom. The average molecular weight is 329 g/mol. The third kappa shape index (κ3) is 7.12. The number of hydrogen-bond donors (Lipinski definition) is 2. The Hall–Kier alpha value is -0.341. The zero-order chi connectivity index (χ0) is 14.3. The van der Waals surface area contributed by atoms with Crippen molar-refractivity contribution in [2.75, 3.05) is 0 Å². The average Bonchev–Trinajstić information content (AvgIpc) is 2.36. The Morgan fingerprint density at radius 1 is 1.11 bits per heavy atom. The zero-order valence-electron chi connectivity index (χ0n) is 12.2. The van der Waals surface area contributed by atoms with Gasteiger partial charge in [-0.25, -0.2) is 0 Å². The first kappa shape index (κ1) is 16.7. The third-order valence-corrected chi connectivity index (χ3v) is 5.56. The van der Waals surface area contributed by atoms with Crippen molar-refractivity contribution in [1.29, 1.82) is 0 Å². The number of aliphatic hydroxyl groups is 2. The van der Waals surface area contributed by atoms with E-state index in [4.69, 9.17) is 0 Å². The molecule has 3 heteroatoms. The topological polar surface area (TPSA) is 40.5 Å². The third-order valence-electron chi connectivity index (χ3n) is 3.37. The van der Waals surface area contributed by atoms with Gasteiger partial charge in [0.1, 0.15) is 0 Å². The van der Waals surface area contributed by atoms with Gasteiger partial charge in [0.05, 0.1) is 0 Å². The summed E-state index contributed by atoms with van der Waals surface area (Å²) in [6.07, 6.45) is 2.25. The molecule has 1 unspecified atom stereocenters. The van der Waals surface area contributed by atoms with E-state index in [1.807, 2.05) is 0 Å². The van der Waals surface area contributed by atoms with Gasteiger partial charge in [-0.1, -0.05) is 0 Å². The van der Waals surface area contributed by atoms with E-state index < -0.39 is 11.7 Å². The van der Waals surface area contributed by atoms with Crippen LogP contribution in [0, 0.1) is 5.92 Å². The van der Waals surface area contributed by atoms with Crippen LogP contribution in [0.2, 0.25) is 5.32 Å². The first-order valence-corrected chi connectivity index (χ1v) is 9.04. The van der Waals surface area contributed by atoms with E-state index in [-0.39, 0.29) is 0 Å². The summed E-state index contributed by atoms with van der Waals surface area (Å²) in [6, 6.07) is 10.6. The molecule has 2 atom stereocenters. The van der Waals surface area contributed by atoms with Gasteiger partial charge in [-0.3, -0.25) is 0 Å². The molecule has 0 aliphatic heterocycles. The first-order valence-electron chi connectivity index (χ1n) is 6.98. The Morgan fingerprint density at radius 3 is 2.32 bits per heavy atom. The standard InChI is InChI=1S/C16H26O2Se/c1-13(9-10-15(17)16(2,3)18)11-12-19-14-7-5-4-6-8-14/h4-8,13,15,17-18H,9-12H2,1-3H3/t13-,15?/m0/s1. The molecule has 0 bridgehead atoms. The van der Waals surface area contributed by atoms with E-state index in [1.165, 1.54) is 16.2 Å². The molecule has 0 saturated heterocycles. The monoisotopic (exact) mass is 330 g/mol. The summed E-state index contributed by atoms with van der Waals surface area (Å²) < 4.78 is 1.46. The van der Waals surface area contributed by atoms with E-state index in [0.29, 0.717) is 27.3 Å². The Kier molecular flexibility index (Phi) is 7.09. The van der Waals surface area contributed by atoms with Crippen molar-refractivity contribution in [3.05, 3.63) is 30.3 Å². The fraction of sp³-hybridized carbons (Fsp3) is 0.625. The van der Waals surface area contributed by atoms with Crippen LogP contribution in [0.4, 0.5) is 0 Å². The molecule has 0 amide bonds. The number of aliphatic hydroxyl groups excluding tert-OH is 1. The summed E-state index contributed by atoms with van der Waals surface area (Å²) in [7, 11) is 0. The first-order chi connectivity index (χ1) is 8.89. The minimum absolute atomic E-state index is 0.560. The summed E-state index contributed by atoms with van der Waals surface area (Å²) in [5, 5.41) is 20.7. The van der Waals surface area contributed by atoms with Crippen LogP contribution in [0.1, 0.15) is 40.0 Å². The molecular formula is C16H26O2Se. The molecule has 19 heavy (non-hydrogen) atoms. The molecule has 0 radical (unpaired) electrons. The summed E-state index contributed by atoms with van der Waals surface area (Å²) in [5.74, 6) is 0.614. The van der Waals surface area contributed by atoms with Crippen LogP contribution >= 0.6 is 0 Å². The van der Waals surface area contributed by atoms with Crippen molar-refractivity contribution in [2.45, 2.75) is 57.1 Å². The zero-order valence-corrected chi connectivity index (χ0v) is 13.9. The van der Waals surface area contributed by atoms with E-state index in [0.717, 1.165) is 6.42 Å². The maximum atomic E-state index is 9.79. The molecule has 0 aliphatic carbocycles. The van der Waals surface area contributed by atoms with Crippen LogP contribution in [-0.2, 0) is 0 Å². The Bertz CT molecular complexity index is 346. The molecule has 0 heterocycles. The van der Waals surface area contributed by atoms with Crippen LogP contribution < -0.4 is 4.46 Å². The van der Waals surface area contributed by atoms with Gasteiger partial charge in [-0.15, -0.1) is 0 Å². The molecule has 108 valence electrons. The number of hydrogen-bond acceptors (Lipinski definition) is 2. The molecule has 1 rings (SSSR count). The van der Waals surface area contributed by atoms with E-state index in [1.54, 1.807) is 13.8 Å². The van der Waals surface area contributed by atoms with Gasteiger partial charge in [0.2, 0.25) is 0 Å². The molecule has 0 aromatic heterocycles. The van der Waals surface area contributed by atoms with Crippen molar-refractivity contribution >= 4 is 19.4 Å². The number of benzene rings is 1. The molecule has 0 saturated carbocycles. The maximum absolute atomic E-state index is 9.79. The fourth-order valence-corrected chi connectivity index (χ4v) is 4.15. The SMILES string of the molecule is C[C@H](CC[Se]c1ccccc1)CCC(O)C(C)(C)O. The predicted octanol–water partition coefficient (Wildman–Crippen LogP) is 2.37. The number of rotatable bonds is 8. The second-order valence-electron chi connectivity index (χ2n) is 5.80. The van der Waals surface area contributed by atoms with Gasteiger partial charge < -0.3 is 0 Å². The van der Waals surface area contributed by atoms with E-state index >= 15 is 0 Å². The van der Waals surface area contributed by atoms with Crippen LogP contribution in [0.5, 0.6) is 0 Å². The van der Waals surface area contributed by atoms with E-state index in [9.17, 15) is 10.2 Å². The van der Waals surface area contributed by atoms with Crippen molar-refractivity contribution in [3.63, 3.8) is 0 Å². The van der Waals surface area contributed by atoms with Crippen LogP contribution in [0.25, 0.3) is 0 Å². The summed E-state index contributed by atoms with van der Waals surface area (Å²) >= 11 is 0.560.